The number of aryl methyl sites for hydroxylation is 1. The van der Waals surface area contributed by atoms with E-state index in [1.807, 2.05) is 0 Å². The van der Waals surface area contributed by atoms with E-state index in [0.29, 0.717) is 0 Å². The molecule has 1 saturated heterocycles. The van der Waals surface area contributed by atoms with Crippen molar-refractivity contribution < 1.29 is 19.4 Å². The zero-order valence-electron chi connectivity index (χ0n) is 10.3. The summed E-state index contributed by atoms with van der Waals surface area (Å²) >= 11 is 0. The Morgan fingerprint density at radius 3 is 2.84 bits per heavy atom. The lowest BCUT2D eigenvalue weighted by Gasteiger charge is -2.15. The van der Waals surface area contributed by atoms with Gasteiger partial charge in [-0.2, -0.15) is 0 Å². The monoisotopic (exact) mass is 266 g/mol. The number of rotatable bonds is 3. The Kier molecular flexibility index (Phi) is 3.66. The number of carboxylic acids is 1. The van der Waals surface area contributed by atoms with Gasteiger partial charge < -0.3 is 19.7 Å². The molecule has 1 aromatic rings. The summed E-state index contributed by atoms with van der Waals surface area (Å²) in [4.78, 5) is 34.3. The summed E-state index contributed by atoms with van der Waals surface area (Å²) in [5, 5.41) is 11.5. The van der Waals surface area contributed by atoms with E-state index >= 15 is 0 Å². The number of aliphatic carboxylic acids is 1. The molecule has 1 fully saturated rings. The molecule has 7 heteroatoms. The third kappa shape index (κ3) is 2.82. The van der Waals surface area contributed by atoms with Crippen LogP contribution in [0.2, 0.25) is 0 Å². The van der Waals surface area contributed by atoms with E-state index in [4.69, 9.17) is 9.84 Å². The van der Waals surface area contributed by atoms with Gasteiger partial charge in [0.1, 0.15) is 5.92 Å². The van der Waals surface area contributed by atoms with Gasteiger partial charge in [-0.25, -0.2) is 0 Å². The van der Waals surface area contributed by atoms with E-state index < -0.39 is 23.8 Å². The van der Waals surface area contributed by atoms with Crippen molar-refractivity contribution in [1.29, 1.82) is 0 Å². The van der Waals surface area contributed by atoms with E-state index in [1.54, 1.807) is 7.05 Å². The minimum absolute atomic E-state index is 0.0802. The molecule has 19 heavy (non-hydrogen) atoms. The van der Waals surface area contributed by atoms with Crippen LogP contribution in [-0.4, -0.2) is 40.8 Å². The summed E-state index contributed by atoms with van der Waals surface area (Å²) < 4.78 is 6.39. The molecule has 2 heterocycles. The van der Waals surface area contributed by atoms with Crippen LogP contribution in [0.5, 0.6) is 0 Å². The first-order valence-corrected chi connectivity index (χ1v) is 5.77. The zero-order valence-corrected chi connectivity index (χ0v) is 10.3. The Hall–Kier alpha value is -2.15. The van der Waals surface area contributed by atoms with Crippen LogP contribution in [0.15, 0.2) is 23.1 Å². The van der Waals surface area contributed by atoms with Gasteiger partial charge >= 0.3 is 5.97 Å². The molecule has 102 valence electrons. The van der Waals surface area contributed by atoms with Gasteiger partial charge in [0.05, 0.1) is 19.3 Å². The molecule has 2 atom stereocenters. The topological polar surface area (TPSA) is 97.6 Å². The normalized spacial score (nSPS) is 22.2. The number of carbonyl (C=O) groups is 2. The van der Waals surface area contributed by atoms with Crippen molar-refractivity contribution in [1.82, 2.24) is 9.88 Å². The lowest BCUT2D eigenvalue weighted by Crippen LogP contribution is -2.43. The van der Waals surface area contributed by atoms with Crippen molar-refractivity contribution in [2.75, 3.05) is 13.2 Å². The van der Waals surface area contributed by atoms with E-state index in [9.17, 15) is 14.4 Å². The van der Waals surface area contributed by atoms with Crippen molar-refractivity contribution in [3.8, 4) is 0 Å². The highest BCUT2D eigenvalue weighted by molar-refractivity contribution is 5.94. The molecule has 1 aliphatic heterocycles. The fraction of sp³-hybridized carbons (Fsp3) is 0.417. The van der Waals surface area contributed by atoms with E-state index in [1.165, 1.54) is 22.9 Å². The summed E-state index contributed by atoms with van der Waals surface area (Å²) in [6.07, 6.45) is 1.48. The number of hydrogen-bond donors (Lipinski definition) is 2. The molecule has 1 amide bonds. The molecule has 1 aromatic heterocycles. The smallest absolute Gasteiger partial charge is 0.311 e. The zero-order chi connectivity index (χ0) is 14.0. The number of carboxylic acid groups (broad SMARTS) is 1. The minimum Gasteiger partial charge on any atom is -0.481 e. The van der Waals surface area contributed by atoms with Crippen LogP contribution in [0.4, 0.5) is 0 Å². The molecular weight excluding hydrogens is 252 g/mol. The molecule has 2 unspecified atom stereocenters. The maximum atomic E-state index is 11.9. The molecule has 7 nitrogen and oxygen atoms in total. The second-order valence-corrected chi connectivity index (χ2v) is 4.43. The average molecular weight is 266 g/mol. The number of nitrogens with zero attached hydrogens (tertiary/aromatic N) is 1. The first-order valence-electron chi connectivity index (χ1n) is 5.77. The maximum absolute atomic E-state index is 11.9. The Morgan fingerprint density at radius 1 is 1.47 bits per heavy atom. The van der Waals surface area contributed by atoms with E-state index in [-0.39, 0.29) is 24.3 Å². The van der Waals surface area contributed by atoms with Crippen molar-refractivity contribution in [2.45, 2.75) is 6.04 Å². The quantitative estimate of drug-likeness (QED) is 0.747. The number of carbonyl (C=O) groups excluding carboxylic acids is 1. The van der Waals surface area contributed by atoms with Crippen LogP contribution in [-0.2, 0) is 16.6 Å². The molecule has 2 N–H and O–H groups in total. The molecule has 0 aromatic carbocycles. The molecule has 0 radical (unpaired) electrons. The van der Waals surface area contributed by atoms with Gasteiger partial charge in [0.2, 0.25) is 0 Å². The molecule has 2 rings (SSSR count). The third-order valence-electron chi connectivity index (χ3n) is 3.08. The number of amides is 1. The van der Waals surface area contributed by atoms with Crippen molar-refractivity contribution >= 4 is 11.9 Å². The first-order chi connectivity index (χ1) is 8.99. The van der Waals surface area contributed by atoms with Crippen molar-refractivity contribution in [2.24, 2.45) is 13.0 Å². The largest absolute Gasteiger partial charge is 0.481 e. The van der Waals surface area contributed by atoms with Gasteiger partial charge in [0.15, 0.2) is 0 Å². The Morgan fingerprint density at radius 2 is 2.21 bits per heavy atom. The predicted molar refractivity (Wildman–Crippen MR) is 64.9 cm³/mol. The van der Waals surface area contributed by atoms with Gasteiger partial charge in [0.25, 0.3) is 11.5 Å². The lowest BCUT2D eigenvalue weighted by atomic mass is 10.0. The summed E-state index contributed by atoms with van der Waals surface area (Å²) in [5.74, 6) is -2.23. The van der Waals surface area contributed by atoms with Crippen LogP contribution in [0.1, 0.15) is 10.4 Å². The van der Waals surface area contributed by atoms with Gasteiger partial charge in [-0.1, -0.05) is 0 Å². The molecule has 1 aliphatic rings. The second kappa shape index (κ2) is 5.23. The fourth-order valence-corrected chi connectivity index (χ4v) is 1.88. The van der Waals surface area contributed by atoms with Crippen LogP contribution in [0, 0.1) is 5.92 Å². The first kappa shape index (κ1) is 13.3. The fourth-order valence-electron chi connectivity index (χ4n) is 1.88. The van der Waals surface area contributed by atoms with E-state index in [0.717, 1.165) is 0 Å². The van der Waals surface area contributed by atoms with Gasteiger partial charge in [-0.3, -0.25) is 14.4 Å². The Labute approximate surface area is 108 Å². The average Bonchev–Trinajstić information content (AvgIpc) is 2.80. The molecule has 0 spiro atoms. The highest BCUT2D eigenvalue weighted by Crippen LogP contribution is 2.14. The lowest BCUT2D eigenvalue weighted by molar-refractivity contribution is -0.142. The number of nitrogens with one attached hydrogen (secondary N) is 1. The number of ether oxygens (including phenoxy) is 1. The molecule has 0 saturated carbocycles. The second-order valence-electron chi connectivity index (χ2n) is 4.43. The van der Waals surface area contributed by atoms with Gasteiger partial charge in [0, 0.05) is 24.9 Å². The Balaban J connectivity index is 2.10. The summed E-state index contributed by atoms with van der Waals surface area (Å²) in [6.45, 7) is 0.240. The van der Waals surface area contributed by atoms with Crippen molar-refractivity contribution in [3.05, 3.63) is 34.2 Å². The highest BCUT2D eigenvalue weighted by Gasteiger charge is 2.35. The standard InChI is InChI=1S/C12H14N2O5/c1-14-3-2-7(4-10(14)15)11(16)13-9-6-19-5-8(9)12(17)18/h2-4,8-9H,5-6H2,1H3,(H,13,16)(H,17,18). The number of aromatic nitrogens is 1. The van der Waals surface area contributed by atoms with Crippen LogP contribution in [0.3, 0.4) is 0 Å². The SMILES string of the molecule is Cn1ccc(C(=O)NC2COCC2C(=O)O)cc1=O. The van der Waals surface area contributed by atoms with Crippen LogP contribution >= 0.6 is 0 Å². The third-order valence-corrected chi connectivity index (χ3v) is 3.08. The predicted octanol–water partition coefficient (Wildman–Crippen LogP) is -0.785. The summed E-state index contributed by atoms with van der Waals surface area (Å²) in [5.41, 5.74) is -0.0933. The molecule has 0 bridgehead atoms. The minimum atomic E-state index is -1.01. The maximum Gasteiger partial charge on any atom is 0.311 e. The molecular formula is C12H14N2O5. The van der Waals surface area contributed by atoms with Gasteiger partial charge in [-0.05, 0) is 6.07 Å². The highest BCUT2D eigenvalue weighted by atomic mass is 16.5. The number of hydrogen-bond acceptors (Lipinski definition) is 4. The van der Waals surface area contributed by atoms with Crippen LogP contribution in [0.25, 0.3) is 0 Å². The summed E-state index contributed by atoms with van der Waals surface area (Å²) in [6, 6.07) is 2.14. The molecule has 0 aliphatic carbocycles. The van der Waals surface area contributed by atoms with E-state index in [2.05, 4.69) is 5.32 Å². The van der Waals surface area contributed by atoms with Gasteiger partial charge in [-0.15, -0.1) is 0 Å². The summed E-state index contributed by atoms with van der Waals surface area (Å²) in [7, 11) is 1.58. The van der Waals surface area contributed by atoms with Crippen LogP contribution < -0.4 is 10.9 Å². The van der Waals surface area contributed by atoms with Crippen molar-refractivity contribution in [3.63, 3.8) is 0 Å². The number of pyridine rings is 1. The Bertz CT molecular complexity index is 565.